The molecule has 0 aliphatic carbocycles. The van der Waals surface area contributed by atoms with Crippen LogP contribution in [0.2, 0.25) is 0 Å². The lowest BCUT2D eigenvalue weighted by Gasteiger charge is -2.15. The lowest BCUT2D eigenvalue weighted by molar-refractivity contribution is 0.0780. The van der Waals surface area contributed by atoms with E-state index in [0.29, 0.717) is 25.1 Å². The van der Waals surface area contributed by atoms with Gasteiger partial charge in [0, 0.05) is 18.7 Å². The van der Waals surface area contributed by atoms with Gasteiger partial charge in [0.25, 0.3) is 5.91 Å². The van der Waals surface area contributed by atoms with E-state index in [9.17, 15) is 14.3 Å². The van der Waals surface area contributed by atoms with Gasteiger partial charge in [0.15, 0.2) is 0 Å². The third-order valence-corrected chi connectivity index (χ3v) is 3.56. The number of hydrogen-bond acceptors (Lipinski definition) is 2. The Bertz CT molecular complexity index is 652. The zero-order chi connectivity index (χ0) is 14.1. The van der Waals surface area contributed by atoms with Crippen molar-refractivity contribution < 1.29 is 14.3 Å². The Labute approximate surface area is 116 Å². The van der Waals surface area contributed by atoms with Crippen molar-refractivity contribution in [1.82, 2.24) is 4.90 Å². The van der Waals surface area contributed by atoms with Crippen molar-refractivity contribution in [3.8, 4) is 5.75 Å². The SMILES string of the molecule is O=C1c2cc(O)ccc2CN1CCc1ccc(F)cc1. The van der Waals surface area contributed by atoms with Gasteiger partial charge >= 0.3 is 0 Å². The maximum atomic E-state index is 12.8. The molecule has 2 aromatic rings. The van der Waals surface area contributed by atoms with Crippen molar-refractivity contribution in [3.05, 3.63) is 65.0 Å². The number of phenolic OH excluding ortho intramolecular Hbond substituents is 1. The number of carbonyl (C=O) groups excluding carboxylic acids is 1. The van der Waals surface area contributed by atoms with E-state index in [1.165, 1.54) is 18.2 Å². The molecule has 2 aromatic carbocycles. The largest absolute Gasteiger partial charge is 0.508 e. The number of benzene rings is 2. The van der Waals surface area contributed by atoms with Crippen LogP contribution < -0.4 is 0 Å². The molecule has 0 aromatic heterocycles. The smallest absolute Gasteiger partial charge is 0.254 e. The fourth-order valence-corrected chi connectivity index (χ4v) is 2.44. The van der Waals surface area contributed by atoms with Crippen LogP contribution in [0.5, 0.6) is 5.75 Å². The Kier molecular flexibility index (Phi) is 3.14. The van der Waals surface area contributed by atoms with E-state index in [2.05, 4.69) is 0 Å². The number of carbonyl (C=O) groups is 1. The summed E-state index contributed by atoms with van der Waals surface area (Å²) in [7, 11) is 0. The normalized spacial score (nSPS) is 13.7. The molecule has 4 heteroatoms. The zero-order valence-electron chi connectivity index (χ0n) is 10.8. The molecule has 0 unspecified atom stereocenters. The molecule has 3 rings (SSSR count). The third kappa shape index (κ3) is 2.37. The van der Waals surface area contributed by atoms with E-state index < -0.39 is 0 Å². The van der Waals surface area contributed by atoms with Crippen LogP contribution in [0, 0.1) is 5.82 Å². The summed E-state index contributed by atoms with van der Waals surface area (Å²) in [6.07, 6.45) is 0.686. The Morgan fingerprint density at radius 1 is 1.15 bits per heavy atom. The van der Waals surface area contributed by atoms with Crippen molar-refractivity contribution in [2.75, 3.05) is 6.54 Å². The van der Waals surface area contributed by atoms with Crippen LogP contribution >= 0.6 is 0 Å². The highest BCUT2D eigenvalue weighted by molar-refractivity contribution is 5.98. The maximum absolute atomic E-state index is 12.8. The molecule has 0 fully saturated rings. The van der Waals surface area contributed by atoms with E-state index in [1.54, 1.807) is 29.2 Å². The molecule has 0 saturated carbocycles. The zero-order valence-corrected chi connectivity index (χ0v) is 10.8. The number of hydrogen-bond donors (Lipinski definition) is 1. The quantitative estimate of drug-likeness (QED) is 0.932. The standard InChI is InChI=1S/C16H14FNO2/c17-13-4-1-11(2-5-13)7-8-18-10-12-3-6-14(19)9-15(12)16(18)20/h1-6,9,19H,7-8,10H2. The molecule has 1 N–H and O–H groups in total. The molecular formula is C16H14FNO2. The Morgan fingerprint density at radius 3 is 2.65 bits per heavy atom. The monoisotopic (exact) mass is 271 g/mol. The molecule has 0 spiro atoms. The molecule has 1 aliphatic heterocycles. The number of fused-ring (bicyclic) bond motifs is 1. The summed E-state index contributed by atoms with van der Waals surface area (Å²) in [5.74, 6) is -0.204. The van der Waals surface area contributed by atoms with Crippen LogP contribution in [0.4, 0.5) is 4.39 Å². The second-order valence-corrected chi connectivity index (χ2v) is 4.94. The minimum atomic E-state index is -0.256. The Hall–Kier alpha value is -2.36. The molecule has 0 atom stereocenters. The molecule has 0 saturated heterocycles. The maximum Gasteiger partial charge on any atom is 0.254 e. The minimum absolute atomic E-state index is 0.0574. The minimum Gasteiger partial charge on any atom is -0.508 e. The van der Waals surface area contributed by atoms with Gasteiger partial charge in [-0.25, -0.2) is 4.39 Å². The highest BCUT2D eigenvalue weighted by Crippen LogP contribution is 2.26. The van der Waals surface area contributed by atoms with Gasteiger partial charge in [0.05, 0.1) is 0 Å². The first-order chi connectivity index (χ1) is 9.63. The number of phenols is 1. The fourth-order valence-electron chi connectivity index (χ4n) is 2.44. The first kappa shape index (κ1) is 12.7. The van der Waals surface area contributed by atoms with Crippen LogP contribution in [0.1, 0.15) is 21.5 Å². The Balaban J connectivity index is 1.69. The van der Waals surface area contributed by atoms with Crippen LogP contribution in [-0.4, -0.2) is 22.5 Å². The van der Waals surface area contributed by atoms with Crippen molar-refractivity contribution in [3.63, 3.8) is 0 Å². The Morgan fingerprint density at radius 2 is 1.90 bits per heavy atom. The van der Waals surface area contributed by atoms with Gasteiger partial charge in [0.2, 0.25) is 0 Å². The number of nitrogens with zero attached hydrogens (tertiary/aromatic N) is 1. The topological polar surface area (TPSA) is 40.5 Å². The van der Waals surface area contributed by atoms with Crippen LogP contribution in [-0.2, 0) is 13.0 Å². The molecule has 0 bridgehead atoms. The van der Waals surface area contributed by atoms with Gasteiger partial charge in [0.1, 0.15) is 11.6 Å². The highest BCUT2D eigenvalue weighted by Gasteiger charge is 2.27. The second-order valence-electron chi connectivity index (χ2n) is 4.94. The molecule has 20 heavy (non-hydrogen) atoms. The summed E-state index contributed by atoms with van der Waals surface area (Å²) in [6.45, 7) is 1.15. The molecule has 0 radical (unpaired) electrons. The van der Waals surface area contributed by atoms with E-state index in [1.807, 2.05) is 0 Å². The fraction of sp³-hybridized carbons (Fsp3) is 0.188. The molecule has 1 aliphatic rings. The lowest BCUT2D eigenvalue weighted by atomic mass is 10.1. The predicted molar refractivity (Wildman–Crippen MR) is 73.0 cm³/mol. The van der Waals surface area contributed by atoms with Gasteiger partial charge in [-0.15, -0.1) is 0 Å². The number of rotatable bonds is 3. The summed E-state index contributed by atoms with van der Waals surface area (Å²) >= 11 is 0. The van der Waals surface area contributed by atoms with Gasteiger partial charge in [-0.05, 0) is 41.8 Å². The summed E-state index contributed by atoms with van der Waals surface area (Å²) in [4.78, 5) is 13.9. The van der Waals surface area contributed by atoms with Crippen molar-refractivity contribution in [2.24, 2.45) is 0 Å². The molecule has 3 nitrogen and oxygen atoms in total. The summed E-state index contributed by atoms with van der Waals surface area (Å²) in [5, 5.41) is 9.43. The summed E-state index contributed by atoms with van der Waals surface area (Å²) in [6, 6.07) is 11.2. The summed E-state index contributed by atoms with van der Waals surface area (Å²) in [5.41, 5.74) is 2.51. The lowest BCUT2D eigenvalue weighted by Crippen LogP contribution is -2.26. The molecule has 1 amide bonds. The molecule has 102 valence electrons. The van der Waals surface area contributed by atoms with E-state index in [-0.39, 0.29) is 17.5 Å². The van der Waals surface area contributed by atoms with E-state index >= 15 is 0 Å². The van der Waals surface area contributed by atoms with Crippen molar-refractivity contribution >= 4 is 5.91 Å². The highest BCUT2D eigenvalue weighted by atomic mass is 19.1. The third-order valence-electron chi connectivity index (χ3n) is 3.56. The average molecular weight is 271 g/mol. The summed E-state index contributed by atoms with van der Waals surface area (Å²) < 4.78 is 12.8. The van der Waals surface area contributed by atoms with Crippen molar-refractivity contribution in [2.45, 2.75) is 13.0 Å². The van der Waals surface area contributed by atoms with E-state index in [4.69, 9.17) is 0 Å². The van der Waals surface area contributed by atoms with Crippen molar-refractivity contribution in [1.29, 1.82) is 0 Å². The van der Waals surface area contributed by atoms with Gasteiger partial charge in [-0.3, -0.25) is 4.79 Å². The molecule has 1 heterocycles. The van der Waals surface area contributed by atoms with Crippen LogP contribution in [0.15, 0.2) is 42.5 Å². The second kappa shape index (κ2) is 4.96. The average Bonchev–Trinajstić information content (AvgIpc) is 2.75. The number of aromatic hydroxyl groups is 1. The van der Waals surface area contributed by atoms with Gasteiger partial charge < -0.3 is 10.0 Å². The number of halogens is 1. The van der Waals surface area contributed by atoms with Gasteiger partial charge in [-0.1, -0.05) is 18.2 Å². The van der Waals surface area contributed by atoms with Gasteiger partial charge in [-0.2, -0.15) is 0 Å². The molecular weight excluding hydrogens is 257 g/mol. The number of amides is 1. The van der Waals surface area contributed by atoms with E-state index in [0.717, 1.165) is 11.1 Å². The first-order valence-electron chi connectivity index (χ1n) is 6.49. The van der Waals surface area contributed by atoms with Crippen LogP contribution in [0.25, 0.3) is 0 Å². The first-order valence-corrected chi connectivity index (χ1v) is 6.49. The van der Waals surface area contributed by atoms with Crippen LogP contribution in [0.3, 0.4) is 0 Å². The predicted octanol–water partition coefficient (Wildman–Crippen LogP) is 2.73.